The molecule has 0 N–H and O–H groups in total. The van der Waals surface area contributed by atoms with Crippen LogP contribution in [0.3, 0.4) is 0 Å². The molecule has 22 heavy (non-hydrogen) atoms. The number of ether oxygens (including phenoxy) is 2. The van der Waals surface area contributed by atoms with Crippen LogP contribution in [0.15, 0.2) is 11.1 Å². The minimum absolute atomic E-state index is 0.0698. The van der Waals surface area contributed by atoms with Crippen LogP contribution < -0.4 is 5.56 Å². The van der Waals surface area contributed by atoms with Crippen LogP contribution in [0.25, 0.3) is 10.2 Å². The highest BCUT2D eigenvalue weighted by Gasteiger charge is 2.22. The van der Waals surface area contributed by atoms with Crippen molar-refractivity contribution in [3.8, 4) is 0 Å². The Morgan fingerprint density at radius 2 is 2.41 bits per heavy atom. The van der Waals surface area contributed by atoms with E-state index < -0.39 is 5.97 Å². The number of aryl methyl sites for hydroxylation is 1. The monoisotopic (exact) mass is 322 g/mol. The second-order valence-electron chi connectivity index (χ2n) is 5.29. The molecule has 1 saturated heterocycles. The molecule has 1 aliphatic heterocycles. The molecule has 0 aliphatic carbocycles. The van der Waals surface area contributed by atoms with Crippen molar-refractivity contribution in [3.05, 3.63) is 27.1 Å². The summed E-state index contributed by atoms with van der Waals surface area (Å²) in [5.74, 6) is -0.395. The van der Waals surface area contributed by atoms with Crippen LogP contribution in [-0.2, 0) is 16.0 Å². The highest BCUT2D eigenvalue weighted by molar-refractivity contribution is 7.20. The van der Waals surface area contributed by atoms with Crippen molar-refractivity contribution in [2.75, 3.05) is 13.2 Å². The van der Waals surface area contributed by atoms with Gasteiger partial charge in [-0.05, 0) is 32.3 Å². The van der Waals surface area contributed by atoms with Gasteiger partial charge in [0.25, 0.3) is 5.56 Å². The summed E-state index contributed by atoms with van der Waals surface area (Å²) in [7, 11) is 0. The zero-order valence-corrected chi connectivity index (χ0v) is 13.4. The van der Waals surface area contributed by atoms with Crippen molar-refractivity contribution < 1.29 is 14.3 Å². The van der Waals surface area contributed by atoms with Gasteiger partial charge in [-0.25, -0.2) is 9.78 Å². The summed E-state index contributed by atoms with van der Waals surface area (Å²) < 4.78 is 12.2. The van der Waals surface area contributed by atoms with E-state index in [0.717, 1.165) is 19.4 Å². The first-order valence-electron chi connectivity index (χ1n) is 7.39. The summed E-state index contributed by atoms with van der Waals surface area (Å²) in [6.07, 6.45) is 3.60. The van der Waals surface area contributed by atoms with Gasteiger partial charge < -0.3 is 9.47 Å². The zero-order valence-electron chi connectivity index (χ0n) is 12.6. The summed E-state index contributed by atoms with van der Waals surface area (Å²) in [5, 5.41) is 0.508. The summed E-state index contributed by atoms with van der Waals surface area (Å²) in [5.41, 5.74) is 0.530. The number of aromatic nitrogens is 2. The fourth-order valence-corrected chi connectivity index (χ4v) is 3.72. The first-order valence-corrected chi connectivity index (χ1v) is 8.20. The van der Waals surface area contributed by atoms with Gasteiger partial charge in [0.05, 0.1) is 31.0 Å². The second kappa shape index (κ2) is 6.18. The molecule has 0 unspecified atom stereocenters. The molecule has 0 radical (unpaired) electrons. The summed E-state index contributed by atoms with van der Waals surface area (Å²) in [4.78, 5) is 30.0. The molecular weight excluding hydrogens is 304 g/mol. The Kier molecular flexibility index (Phi) is 4.26. The van der Waals surface area contributed by atoms with Crippen LogP contribution in [0.1, 0.15) is 35.0 Å². The standard InChI is InChI=1S/C15H18N2O4S/c1-3-20-15(19)12-9(2)11-13(22-12)16-8-17(14(11)18)7-10-5-4-6-21-10/h8,10H,3-7H2,1-2H3/t10-/m1/s1. The molecule has 0 bridgehead atoms. The summed E-state index contributed by atoms with van der Waals surface area (Å²) in [6.45, 7) is 5.09. The van der Waals surface area contributed by atoms with Gasteiger partial charge in [-0.2, -0.15) is 0 Å². The molecule has 0 aromatic carbocycles. The number of hydrogen-bond acceptors (Lipinski definition) is 6. The van der Waals surface area contributed by atoms with Gasteiger partial charge in [0.1, 0.15) is 9.71 Å². The average molecular weight is 322 g/mol. The van der Waals surface area contributed by atoms with Gasteiger partial charge in [0.2, 0.25) is 0 Å². The molecule has 3 rings (SSSR count). The molecule has 0 amide bonds. The van der Waals surface area contributed by atoms with Crippen molar-refractivity contribution >= 4 is 27.5 Å². The molecule has 6 nitrogen and oxygen atoms in total. The van der Waals surface area contributed by atoms with Crippen molar-refractivity contribution in [2.45, 2.75) is 39.3 Å². The van der Waals surface area contributed by atoms with Crippen LogP contribution in [-0.4, -0.2) is 34.8 Å². The zero-order chi connectivity index (χ0) is 15.7. The minimum atomic E-state index is -0.395. The van der Waals surface area contributed by atoms with Crippen molar-refractivity contribution in [1.29, 1.82) is 0 Å². The Hall–Kier alpha value is -1.73. The predicted molar refractivity (Wildman–Crippen MR) is 83.5 cm³/mol. The molecule has 7 heteroatoms. The fraction of sp³-hybridized carbons (Fsp3) is 0.533. The van der Waals surface area contributed by atoms with Crippen molar-refractivity contribution in [2.24, 2.45) is 0 Å². The van der Waals surface area contributed by atoms with Crippen LogP contribution in [0.2, 0.25) is 0 Å². The van der Waals surface area contributed by atoms with Gasteiger partial charge >= 0.3 is 5.97 Å². The lowest BCUT2D eigenvalue weighted by Crippen LogP contribution is -2.26. The van der Waals surface area contributed by atoms with Gasteiger partial charge in [-0.15, -0.1) is 11.3 Å². The largest absolute Gasteiger partial charge is 0.462 e. The smallest absolute Gasteiger partial charge is 0.348 e. The summed E-state index contributed by atoms with van der Waals surface area (Å²) >= 11 is 1.21. The van der Waals surface area contributed by atoms with Crippen LogP contribution in [0, 0.1) is 6.92 Å². The molecule has 0 saturated carbocycles. The molecule has 1 atom stereocenters. The molecular formula is C15H18N2O4S. The van der Waals surface area contributed by atoms with Crippen LogP contribution >= 0.6 is 11.3 Å². The molecule has 0 spiro atoms. The number of fused-ring (bicyclic) bond motifs is 1. The van der Waals surface area contributed by atoms with E-state index in [1.54, 1.807) is 18.4 Å². The third-order valence-electron chi connectivity index (χ3n) is 3.80. The van der Waals surface area contributed by atoms with Gasteiger partial charge in [-0.3, -0.25) is 9.36 Å². The highest BCUT2D eigenvalue weighted by atomic mass is 32.1. The van der Waals surface area contributed by atoms with Gasteiger partial charge in [0, 0.05) is 6.61 Å². The Balaban J connectivity index is 2.01. The maximum Gasteiger partial charge on any atom is 0.348 e. The van der Waals surface area contributed by atoms with Crippen LogP contribution in [0.5, 0.6) is 0 Å². The van der Waals surface area contributed by atoms with E-state index in [0.29, 0.717) is 33.8 Å². The van der Waals surface area contributed by atoms with E-state index in [2.05, 4.69) is 4.98 Å². The summed E-state index contributed by atoms with van der Waals surface area (Å²) in [6, 6.07) is 0. The topological polar surface area (TPSA) is 70.4 Å². The number of carbonyl (C=O) groups is 1. The van der Waals surface area contributed by atoms with Crippen LogP contribution in [0.4, 0.5) is 0 Å². The maximum absolute atomic E-state index is 12.7. The maximum atomic E-state index is 12.7. The normalized spacial score (nSPS) is 18.0. The van der Waals surface area contributed by atoms with E-state index in [1.165, 1.54) is 17.7 Å². The lowest BCUT2D eigenvalue weighted by molar-refractivity contribution is 0.0531. The molecule has 2 aromatic rings. The number of rotatable bonds is 4. The van der Waals surface area contributed by atoms with Gasteiger partial charge in [-0.1, -0.05) is 0 Å². The number of nitrogens with zero attached hydrogens (tertiary/aromatic N) is 2. The first-order chi connectivity index (χ1) is 10.6. The number of esters is 1. The quantitative estimate of drug-likeness (QED) is 0.806. The average Bonchev–Trinajstić information content (AvgIpc) is 3.10. The second-order valence-corrected chi connectivity index (χ2v) is 6.29. The van der Waals surface area contributed by atoms with E-state index in [1.807, 2.05) is 0 Å². The minimum Gasteiger partial charge on any atom is -0.462 e. The first kappa shape index (κ1) is 15.2. The number of thiophene rings is 1. The lowest BCUT2D eigenvalue weighted by Gasteiger charge is -2.11. The lowest BCUT2D eigenvalue weighted by atomic mass is 10.2. The fourth-order valence-electron chi connectivity index (χ4n) is 2.69. The molecule has 2 aromatic heterocycles. The Labute approximate surface area is 131 Å². The van der Waals surface area contributed by atoms with Crippen molar-refractivity contribution in [3.63, 3.8) is 0 Å². The molecule has 1 fully saturated rings. The number of hydrogen-bond donors (Lipinski definition) is 0. The van der Waals surface area contributed by atoms with Gasteiger partial charge in [0.15, 0.2) is 0 Å². The van der Waals surface area contributed by atoms with E-state index >= 15 is 0 Å². The Morgan fingerprint density at radius 1 is 1.59 bits per heavy atom. The highest BCUT2D eigenvalue weighted by Crippen LogP contribution is 2.27. The Bertz CT molecular complexity index is 759. The van der Waals surface area contributed by atoms with E-state index in [4.69, 9.17) is 9.47 Å². The van der Waals surface area contributed by atoms with E-state index in [-0.39, 0.29) is 11.7 Å². The van der Waals surface area contributed by atoms with E-state index in [9.17, 15) is 9.59 Å². The predicted octanol–water partition coefficient (Wildman–Crippen LogP) is 2.12. The molecule has 118 valence electrons. The molecule has 3 heterocycles. The SMILES string of the molecule is CCOC(=O)c1sc2ncn(C[C@H]3CCCO3)c(=O)c2c1C. The molecule has 1 aliphatic rings. The Morgan fingerprint density at radius 3 is 3.09 bits per heavy atom. The number of carbonyl (C=O) groups excluding carboxylic acids is 1. The third kappa shape index (κ3) is 2.66. The van der Waals surface area contributed by atoms with Crippen molar-refractivity contribution in [1.82, 2.24) is 9.55 Å². The third-order valence-corrected chi connectivity index (χ3v) is 4.98.